The van der Waals surface area contributed by atoms with Gasteiger partial charge in [0.1, 0.15) is 11.3 Å². The molecule has 12 nitrogen and oxygen atoms in total. The number of nitrogens with zero attached hydrogens (tertiary/aromatic N) is 6. The number of halogens is 1. The maximum absolute atomic E-state index is 17.5. The summed E-state index contributed by atoms with van der Waals surface area (Å²) in [5.74, 6) is 1.34. The summed E-state index contributed by atoms with van der Waals surface area (Å²) in [5.41, 5.74) is 2.78. The van der Waals surface area contributed by atoms with Gasteiger partial charge in [0.15, 0.2) is 0 Å². The van der Waals surface area contributed by atoms with E-state index in [9.17, 15) is 23.2 Å². The fourth-order valence-electron chi connectivity index (χ4n) is 7.04. The molecule has 1 amide bonds. The molecule has 0 radical (unpaired) electrons. The number of benzene rings is 1. The molecule has 0 spiro atoms. The maximum Gasteiger partial charge on any atom is 0.410 e. The smallest absolute Gasteiger partial charge is 0.410 e. The number of Topliss-reactive ketones (excluding diaryl/α,β-unsaturated/α-hetero) is 1. The number of carbonyl (C=O) groups is 2. The number of alkyl halides is 1. The lowest BCUT2D eigenvalue weighted by atomic mass is 9.87. The molecule has 14 heteroatoms. The molecule has 2 aliphatic carbocycles. The first-order chi connectivity index (χ1) is 24.2. The van der Waals surface area contributed by atoms with Crippen molar-refractivity contribution in [3.63, 3.8) is 0 Å². The second-order valence-electron chi connectivity index (χ2n) is 14.1. The number of anilines is 1. The number of ketones is 1. The molecule has 2 unspecified atom stereocenters. The number of sulfonamides is 1. The third kappa shape index (κ3) is 6.73. The molecule has 270 valence electrons. The lowest BCUT2D eigenvalue weighted by Crippen LogP contribution is -2.56. The number of fused-ring (bicyclic) bond motifs is 2. The van der Waals surface area contributed by atoms with E-state index in [1.54, 1.807) is 32.9 Å². The van der Waals surface area contributed by atoms with Crippen LogP contribution >= 0.6 is 0 Å². The van der Waals surface area contributed by atoms with Crippen molar-refractivity contribution in [1.82, 2.24) is 24.2 Å². The number of amides is 1. The van der Waals surface area contributed by atoms with Crippen LogP contribution in [-0.4, -0.2) is 103 Å². The number of hydrogen-bond donors (Lipinski definition) is 0. The Balaban J connectivity index is 1.30. The quantitative estimate of drug-likeness (QED) is 0.279. The van der Waals surface area contributed by atoms with Gasteiger partial charge >= 0.3 is 11.1 Å². The van der Waals surface area contributed by atoms with E-state index in [-0.39, 0.29) is 51.0 Å². The molecule has 0 N–H and O–H groups in total. The number of carbonyl (C=O) groups excluding carboxylic acids is 2. The highest BCUT2D eigenvalue weighted by Crippen LogP contribution is 2.45. The minimum atomic E-state index is -4.99. The van der Waals surface area contributed by atoms with Crippen LogP contribution in [0.4, 0.5) is 14.9 Å². The number of allylic oxidation sites excluding steroid dienone is 1. The van der Waals surface area contributed by atoms with Crippen molar-refractivity contribution < 1.29 is 27.1 Å². The molecular weight excluding hydrogens is 676 g/mol. The zero-order valence-corrected chi connectivity index (χ0v) is 30.0. The minimum absolute atomic E-state index is 0.0429. The van der Waals surface area contributed by atoms with E-state index in [1.807, 2.05) is 29.1 Å². The van der Waals surface area contributed by atoms with E-state index >= 15 is 4.39 Å². The lowest BCUT2D eigenvalue weighted by Gasteiger charge is -2.46. The Kier molecular flexibility index (Phi) is 9.75. The molecule has 1 fully saturated rings. The average molecular weight is 718 g/mol. The van der Waals surface area contributed by atoms with Crippen LogP contribution in [0.2, 0.25) is 0 Å². The van der Waals surface area contributed by atoms with E-state index in [4.69, 9.17) is 11.2 Å². The molecule has 0 bridgehead atoms. The van der Waals surface area contributed by atoms with Gasteiger partial charge in [0.05, 0.1) is 31.1 Å². The van der Waals surface area contributed by atoms with Crippen molar-refractivity contribution in [3.8, 4) is 12.3 Å². The average Bonchev–Trinajstić information content (AvgIpc) is 3.60. The normalized spacial score (nSPS) is 20.8. The van der Waals surface area contributed by atoms with Crippen LogP contribution in [0.15, 0.2) is 83.4 Å². The fourth-order valence-corrected chi connectivity index (χ4v) is 8.82. The van der Waals surface area contributed by atoms with Gasteiger partial charge in [-0.25, -0.2) is 17.6 Å². The number of rotatable bonds is 8. The fraction of sp³-hybridized carbons (Fsp3) is 0.432. The predicted molar refractivity (Wildman–Crippen MR) is 191 cm³/mol. The maximum atomic E-state index is 17.5. The van der Waals surface area contributed by atoms with Crippen LogP contribution in [0, 0.1) is 17.6 Å². The van der Waals surface area contributed by atoms with Gasteiger partial charge in [0, 0.05) is 56.3 Å². The Morgan fingerprint density at radius 2 is 1.80 bits per heavy atom. The number of pyridine rings is 1. The highest BCUT2D eigenvalue weighted by molar-refractivity contribution is 7.90. The zero-order valence-electron chi connectivity index (χ0n) is 29.2. The Labute approximate surface area is 298 Å². The van der Waals surface area contributed by atoms with Crippen molar-refractivity contribution in [3.05, 3.63) is 99.8 Å². The molecule has 1 aromatic carbocycles. The molecule has 4 aliphatic rings. The number of piperazine rings is 1. The summed E-state index contributed by atoms with van der Waals surface area (Å²) in [4.78, 5) is 36.1. The first kappa shape index (κ1) is 36.1. The molecule has 2 aliphatic heterocycles. The number of hydroxylamine groups is 2. The van der Waals surface area contributed by atoms with Gasteiger partial charge < -0.3 is 29.7 Å². The van der Waals surface area contributed by atoms with Gasteiger partial charge in [-0.05, 0) is 69.4 Å². The van der Waals surface area contributed by atoms with Crippen LogP contribution in [0.3, 0.4) is 0 Å². The Morgan fingerprint density at radius 3 is 2.43 bits per heavy atom. The summed E-state index contributed by atoms with van der Waals surface area (Å²) >= 11 is 0. The van der Waals surface area contributed by atoms with Crippen LogP contribution in [0.5, 0.6) is 0 Å². The Morgan fingerprint density at radius 1 is 1.10 bits per heavy atom. The van der Waals surface area contributed by atoms with Crippen molar-refractivity contribution in [1.29, 1.82) is 0 Å². The predicted octanol–water partition coefficient (Wildman–Crippen LogP) is 4.74. The molecule has 51 heavy (non-hydrogen) atoms. The van der Waals surface area contributed by atoms with E-state index in [0.29, 0.717) is 11.4 Å². The SMILES string of the molecule is C#CCN(c1ccc(C(=O)C(F)(c2ccccc2)S(=O)(=O)N2CCN(C(=O)OC(C)(C)C)CC2)nc1)C1C=C2C(=CN(C)CN2[O-])C2=C1CCC2. The van der Waals surface area contributed by atoms with E-state index < -0.39 is 38.2 Å². The largest absolute Gasteiger partial charge is 0.757 e. The van der Waals surface area contributed by atoms with Crippen molar-refractivity contribution in [2.24, 2.45) is 0 Å². The minimum Gasteiger partial charge on any atom is -0.757 e. The molecule has 6 rings (SSSR count). The van der Waals surface area contributed by atoms with E-state index in [2.05, 4.69) is 10.9 Å². The van der Waals surface area contributed by atoms with Gasteiger partial charge in [0.25, 0.3) is 10.0 Å². The van der Waals surface area contributed by atoms with Crippen molar-refractivity contribution in [2.75, 3.05) is 51.3 Å². The third-order valence-corrected chi connectivity index (χ3v) is 11.6. The topological polar surface area (TPSA) is 130 Å². The highest BCUT2D eigenvalue weighted by atomic mass is 32.2. The first-order valence-electron chi connectivity index (χ1n) is 16.9. The molecule has 1 saturated heterocycles. The number of hydrogen-bond acceptors (Lipinski definition) is 10. The summed E-state index contributed by atoms with van der Waals surface area (Å²) in [6.45, 7) is 4.96. The standard InChI is InChI=1S/C37H42FN6O6S/c1-6-17-43(32-22-33-30(24-40(5)25-44(33)47)28-13-10-14-29(28)32)27-15-16-31(39-23-27)34(45)37(38,26-11-8-7-9-12-26)51(48,49)42-20-18-41(19-21-42)35(46)50-36(2,3)4/h1,7-9,11-12,15-16,22-24,32H,10,13-14,17-21,25H2,2-5H3/q-1. The molecule has 3 heterocycles. The summed E-state index contributed by atoms with van der Waals surface area (Å²) in [6.07, 6.45) is 13.1. The van der Waals surface area contributed by atoms with Crippen LogP contribution < -0.4 is 4.90 Å². The lowest BCUT2D eigenvalue weighted by molar-refractivity contribution is 0.0188. The first-order valence-corrected chi connectivity index (χ1v) is 18.3. The Hall–Kier alpha value is -4.71. The zero-order chi connectivity index (χ0) is 36.7. The van der Waals surface area contributed by atoms with Crippen LogP contribution in [-0.2, 0) is 19.8 Å². The number of terminal acetylenes is 1. The van der Waals surface area contributed by atoms with Crippen LogP contribution in [0.25, 0.3) is 0 Å². The Bertz CT molecular complexity index is 1930. The summed E-state index contributed by atoms with van der Waals surface area (Å²) in [5, 5.41) is 10.5. The van der Waals surface area contributed by atoms with E-state index in [1.165, 1.54) is 41.4 Å². The van der Waals surface area contributed by atoms with Gasteiger partial charge in [-0.15, -0.1) is 6.42 Å². The summed E-state index contributed by atoms with van der Waals surface area (Å²) in [6, 6.07) is 9.54. The monoisotopic (exact) mass is 717 g/mol. The molecule has 2 atom stereocenters. The van der Waals surface area contributed by atoms with Gasteiger partial charge in [-0.1, -0.05) is 36.3 Å². The molecule has 1 aromatic heterocycles. The van der Waals surface area contributed by atoms with Gasteiger partial charge in [-0.3, -0.25) is 9.78 Å². The summed E-state index contributed by atoms with van der Waals surface area (Å²) in [7, 11) is -3.13. The van der Waals surface area contributed by atoms with Gasteiger partial charge in [0.2, 0.25) is 5.78 Å². The molecular formula is C37H42FN6O6S-. The number of aromatic nitrogens is 1. The van der Waals surface area contributed by atoms with Crippen molar-refractivity contribution in [2.45, 2.75) is 56.7 Å². The third-order valence-electron chi connectivity index (χ3n) is 9.44. The summed E-state index contributed by atoms with van der Waals surface area (Å²) < 4.78 is 52.1. The second-order valence-corrected chi connectivity index (χ2v) is 16.1. The molecule has 2 aromatic rings. The van der Waals surface area contributed by atoms with Crippen molar-refractivity contribution >= 4 is 27.6 Å². The highest BCUT2D eigenvalue weighted by Gasteiger charge is 2.57. The van der Waals surface area contributed by atoms with Crippen LogP contribution in [0.1, 0.15) is 56.1 Å². The molecule has 0 saturated carbocycles. The number of ether oxygens (including phenoxy) is 1. The van der Waals surface area contributed by atoms with Gasteiger partial charge in [-0.2, -0.15) is 4.31 Å². The van der Waals surface area contributed by atoms with E-state index in [0.717, 1.165) is 45.4 Å². The second kappa shape index (κ2) is 13.8.